The Kier molecular flexibility index (Phi) is 34.0. The van der Waals surface area contributed by atoms with Crippen LogP contribution in [0.4, 0.5) is 0 Å². The third kappa shape index (κ3) is 21.7. The summed E-state index contributed by atoms with van der Waals surface area (Å²) in [6.07, 6.45) is 4.12. The Hall–Kier alpha value is 2.00. The molecule has 21 heteroatoms. The van der Waals surface area contributed by atoms with Crippen LogP contribution in [0.2, 0.25) is 48.4 Å². The van der Waals surface area contributed by atoms with Gasteiger partial charge in [0.2, 0.25) is 0 Å². The number of thioether (sulfide) groups is 4. The monoisotopic (exact) mass is 920 g/mol. The SMILES string of the molecule is CO[Si](CCCSCC[Si](CCSCCC[Si](OC)(OC)OC)(CCSCCC[Si](OC)(OC)OC)CCSCCC[Si](OC)(OC)OC)(OC)OC. The molecule has 0 aliphatic heterocycles. The van der Waals surface area contributed by atoms with E-state index in [0.29, 0.717) is 0 Å². The van der Waals surface area contributed by atoms with E-state index in [-0.39, 0.29) is 0 Å². The molecule has 0 aliphatic rings. The molecular formula is C32H76O12S4Si5. The van der Waals surface area contributed by atoms with Crippen LogP contribution in [0, 0.1) is 0 Å². The molecule has 0 aliphatic carbocycles. The average Bonchev–Trinajstić information content (AvgIpc) is 3.21. The van der Waals surface area contributed by atoms with Gasteiger partial charge >= 0.3 is 35.2 Å². The maximum Gasteiger partial charge on any atom is 0.500 e. The first-order valence-corrected chi connectivity index (χ1v) is 33.7. The molecular weight excluding hydrogens is 845 g/mol. The van der Waals surface area contributed by atoms with Gasteiger partial charge in [0, 0.05) is 109 Å². The second-order valence-electron chi connectivity index (χ2n) is 12.5. The highest BCUT2D eigenvalue weighted by Gasteiger charge is 2.40. The van der Waals surface area contributed by atoms with E-state index in [1.807, 2.05) is 0 Å². The van der Waals surface area contributed by atoms with Gasteiger partial charge in [-0.1, -0.05) is 0 Å². The van der Waals surface area contributed by atoms with E-state index < -0.39 is 43.3 Å². The molecule has 0 radical (unpaired) electrons. The van der Waals surface area contributed by atoms with Gasteiger partial charge in [-0.3, -0.25) is 0 Å². The zero-order valence-electron chi connectivity index (χ0n) is 35.2. The summed E-state index contributed by atoms with van der Waals surface area (Å²) in [7, 11) is 8.60. The molecule has 0 rings (SSSR count). The smallest absolute Gasteiger partial charge is 0.377 e. The van der Waals surface area contributed by atoms with E-state index in [1.165, 1.54) is 47.2 Å². The summed E-state index contributed by atoms with van der Waals surface area (Å²) >= 11 is 8.33. The van der Waals surface area contributed by atoms with Crippen molar-refractivity contribution in [3.05, 3.63) is 0 Å². The highest BCUT2D eigenvalue weighted by atomic mass is 32.2. The summed E-state index contributed by atoms with van der Waals surface area (Å²) in [6, 6.07) is 8.73. The highest BCUT2D eigenvalue weighted by Crippen LogP contribution is 2.34. The van der Waals surface area contributed by atoms with Gasteiger partial charge in [-0.15, -0.1) is 0 Å². The van der Waals surface area contributed by atoms with Gasteiger partial charge in [-0.2, -0.15) is 47.0 Å². The predicted octanol–water partition coefficient (Wildman–Crippen LogP) is 7.44. The lowest BCUT2D eigenvalue weighted by atomic mass is 10.6. The molecule has 0 saturated heterocycles. The summed E-state index contributed by atoms with van der Waals surface area (Å²) in [5.74, 6) is 9.15. The van der Waals surface area contributed by atoms with Crippen LogP contribution in [0.25, 0.3) is 0 Å². The molecule has 0 amide bonds. The first kappa shape index (κ1) is 55.0. The minimum atomic E-state index is -2.54. The summed E-state index contributed by atoms with van der Waals surface area (Å²) < 4.78 is 67.9. The Morgan fingerprint density at radius 3 is 0.566 bits per heavy atom. The van der Waals surface area contributed by atoms with Crippen molar-refractivity contribution >= 4 is 90.3 Å². The minimum absolute atomic E-state index is 0.841. The molecule has 53 heavy (non-hydrogen) atoms. The highest BCUT2D eigenvalue weighted by molar-refractivity contribution is 8.00. The zero-order chi connectivity index (χ0) is 40.0. The molecule has 0 fully saturated rings. The summed E-state index contributed by atoms with van der Waals surface area (Å²) in [6.45, 7) is 0. The van der Waals surface area contributed by atoms with E-state index in [2.05, 4.69) is 47.0 Å². The number of hydrogen-bond donors (Lipinski definition) is 0. The van der Waals surface area contributed by atoms with E-state index in [4.69, 9.17) is 53.1 Å². The van der Waals surface area contributed by atoms with Crippen LogP contribution in [0.5, 0.6) is 0 Å². The van der Waals surface area contributed by atoms with Gasteiger partial charge in [0.15, 0.2) is 0 Å². The van der Waals surface area contributed by atoms with Crippen molar-refractivity contribution in [1.82, 2.24) is 0 Å². The van der Waals surface area contributed by atoms with Crippen LogP contribution in [-0.4, -0.2) is 175 Å². The van der Waals surface area contributed by atoms with Gasteiger partial charge in [0.05, 0.1) is 8.07 Å². The van der Waals surface area contributed by atoms with Crippen molar-refractivity contribution in [3.8, 4) is 0 Å². The topological polar surface area (TPSA) is 111 Å². The largest absolute Gasteiger partial charge is 0.500 e. The average molecular weight is 922 g/mol. The Labute approximate surface area is 346 Å². The van der Waals surface area contributed by atoms with Crippen LogP contribution in [-0.2, 0) is 53.1 Å². The Morgan fingerprint density at radius 2 is 0.415 bits per heavy atom. The standard InChI is InChI=1S/C32H76O12S4Si5/c1-33-50(34-2,35-3)25-13-17-45-21-29-49(30-22-46-18-14-26-51(36-4,37-5)38-6,31-23-47-19-15-27-52(39-7,40-8)41-9)32-24-48-20-16-28-53(42-10,43-11)44-12/h13-32H2,1-12H3. The first-order chi connectivity index (χ1) is 25.6. The van der Waals surface area contributed by atoms with Gasteiger partial charge in [0.25, 0.3) is 0 Å². The molecule has 0 saturated carbocycles. The molecule has 0 heterocycles. The summed E-state index contributed by atoms with van der Waals surface area (Å²) in [5, 5.41) is 0. The second kappa shape index (κ2) is 32.8. The first-order valence-electron chi connectivity index (χ1n) is 18.5. The van der Waals surface area contributed by atoms with E-state index >= 15 is 0 Å². The molecule has 320 valence electrons. The fourth-order valence-electron chi connectivity index (χ4n) is 6.10. The van der Waals surface area contributed by atoms with Gasteiger partial charge < -0.3 is 53.1 Å². The summed E-state index contributed by atoms with van der Waals surface area (Å²) in [5.41, 5.74) is 0. The predicted molar refractivity (Wildman–Crippen MR) is 239 cm³/mol. The van der Waals surface area contributed by atoms with Crippen LogP contribution < -0.4 is 0 Å². The van der Waals surface area contributed by atoms with Crippen LogP contribution in [0.3, 0.4) is 0 Å². The lowest BCUT2D eigenvalue weighted by Crippen LogP contribution is -2.42. The van der Waals surface area contributed by atoms with Crippen LogP contribution in [0.1, 0.15) is 25.7 Å². The van der Waals surface area contributed by atoms with Crippen molar-refractivity contribution in [1.29, 1.82) is 0 Å². The van der Waals surface area contributed by atoms with E-state index in [9.17, 15) is 0 Å². The van der Waals surface area contributed by atoms with Gasteiger partial charge in [0.1, 0.15) is 0 Å². The molecule has 0 unspecified atom stereocenters. The maximum atomic E-state index is 5.66. The maximum absolute atomic E-state index is 5.66. The molecule has 12 nitrogen and oxygen atoms in total. The van der Waals surface area contributed by atoms with Gasteiger partial charge in [-0.05, 0) is 95.9 Å². The van der Waals surface area contributed by atoms with Crippen molar-refractivity contribution < 1.29 is 53.1 Å². The van der Waals surface area contributed by atoms with Crippen LogP contribution >= 0.6 is 47.0 Å². The molecule has 0 N–H and O–H groups in total. The fourth-order valence-corrected chi connectivity index (χ4v) is 27.0. The molecule has 0 aromatic carbocycles. The quantitative estimate of drug-likeness (QED) is 0.0448. The van der Waals surface area contributed by atoms with Crippen LogP contribution in [0.15, 0.2) is 0 Å². The molecule has 0 aromatic rings. The third-order valence-corrected chi connectivity index (χ3v) is 32.2. The third-order valence-electron chi connectivity index (χ3n) is 9.93. The van der Waals surface area contributed by atoms with E-state index in [0.717, 1.165) is 72.9 Å². The molecule has 0 atom stereocenters. The van der Waals surface area contributed by atoms with Crippen molar-refractivity contribution in [2.45, 2.75) is 74.0 Å². The molecule has 0 bridgehead atoms. The van der Waals surface area contributed by atoms with Crippen molar-refractivity contribution in [3.63, 3.8) is 0 Å². The van der Waals surface area contributed by atoms with Gasteiger partial charge in [-0.25, -0.2) is 0 Å². The normalized spacial score (nSPS) is 13.4. The Morgan fingerprint density at radius 1 is 0.245 bits per heavy atom. The minimum Gasteiger partial charge on any atom is -0.377 e. The number of rotatable bonds is 40. The zero-order valence-corrected chi connectivity index (χ0v) is 43.4. The van der Waals surface area contributed by atoms with Crippen molar-refractivity contribution in [2.75, 3.05) is 131 Å². The fraction of sp³-hybridized carbons (Fsp3) is 1.00. The number of hydrogen-bond acceptors (Lipinski definition) is 16. The van der Waals surface area contributed by atoms with Crippen molar-refractivity contribution in [2.24, 2.45) is 0 Å². The Balaban J connectivity index is 5.62. The molecule has 0 spiro atoms. The lowest BCUT2D eigenvalue weighted by molar-refractivity contribution is 0.123. The lowest BCUT2D eigenvalue weighted by Gasteiger charge is -2.32. The summed E-state index contributed by atoms with van der Waals surface area (Å²) in [4.78, 5) is 0. The Bertz CT molecular complexity index is 686. The second-order valence-corrected chi connectivity index (χ2v) is 34.8. The molecule has 0 aromatic heterocycles. The van der Waals surface area contributed by atoms with E-state index in [1.54, 1.807) is 85.3 Å².